The Balaban J connectivity index is 1.39. The second-order valence-corrected chi connectivity index (χ2v) is 6.05. The minimum Gasteiger partial charge on any atom is -0.462 e. The van der Waals surface area contributed by atoms with Gasteiger partial charge in [0.05, 0.1) is 18.4 Å². The van der Waals surface area contributed by atoms with Crippen molar-refractivity contribution in [3.63, 3.8) is 0 Å². The monoisotopic (exact) mass is 340 g/mol. The van der Waals surface area contributed by atoms with Gasteiger partial charge in [-0.15, -0.1) is 0 Å². The number of benzene rings is 1. The number of esters is 1. The van der Waals surface area contributed by atoms with Gasteiger partial charge in [0.15, 0.2) is 11.5 Å². The van der Waals surface area contributed by atoms with Gasteiger partial charge in [0.2, 0.25) is 5.95 Å². The molecule has 2 aromatic rings. The molecular formula is C18H17FN4O2. The molecule has 0 amide bonds. The fourth-order valence-electron chi connectivity index (χ4n) is 2.84. The van der Waals surface area contributed by atoms with Gasteiger partial charge < -0.3 is 10.1 Å². The van der Waals surface area contributed by atoms with E-state index in [-0.39, 0.29) is 11.7 Å². The van der Waals surface area contributed by atoms with Crippen molar-refractivity contribution in [2.24, 2.45) is 11.8 Å². The number of carbonyl (C=O) groups is 1. The minimum atomic E-state index is -0.772. The van der Waals surface area contributed by atoms with E-state index < -0.39 is 5.95 Å². The van der Waals surface area contributed by atoms with E-state index in [0.29, 0.717) is 36.4 Å². The van der Waals surface area contributed by atoms with E-state index in [0.717, 1.165) is 19.0 Å². The van der Waals surface area contributed by atoms with Crippen LogP contribution in [0.1, 0.15) is 28.9 Å². The van der Waals surface area contributed by atoms with E-state index in [2.05, 4.69) is 15.3 Å². The summed E-state index contributed by atoms with van der Waals surface area (Å²) in [5.74, 6) is -0.0376. The summed E-state index contributed by atoms with van der Waals surface area (Å²) >= 11 is 0. The number of nitriles is 1. The van der Waals surface area contributed by atoms with E-state index in [1.165, 1.54) is 0 Å². The van der Waals surface area contributed by atoms with Crippen molar-refractivity contribution in [2.75, 3.05) is 18.5 Å². The first-order chi connectivity index (χ1) is 12.2. The highest BCUT2D eigenvalue weighted by Gasteiger charge is 2.30. The number of hydrogen-bond donors (Lipinski definition) is 1. The molecule has 0 aliphatic heterocycles. The van der Waals surface area contributed by atoms with E-state index in [4.69, 9.17) is 10.00 Å². The van der Waals surface area contributed by atoms with Crippen molar-refractivity contribution in [2.45, 2.75) is 12.8 Å². The first-order valence-corrected chi connectivity index (χ1v) is 8.04. The lowest BCUT2D eigenvalue weighted by molar-refractivity contribution is 0.0299. The van der Waals surface area contributed by atoms with E-state index in [1.54, 1.807) is 24.3 Å². The van der Waals surface area contributed by atoms with Crippen molar-refractivity contribution in [3.05, 3.63) is 53.7 Å². The fraction of sp³-hybridized carbons (Fsp3) is 0.333. The van der Waals surface area contributed by atoms with Crippen molar-refractivity contribution < 1.29 is 13.9 Å². The zero-order chi connectivity index (χ0) is 17.6. The molecule has 25 heavy (non-hydrogen) atoms. The van der Waals surface area contributed by atoms with Crippen LogP contribution in [0.4, 0.5) is 10.2 Å². The quantitative estimate of drug-likeness (QED) is 0.814. The maximum absolute atomic E-state index is 12.9. The third-order valence-electron chi connectivity index (χ3n) is 4.20. The molecule has 0 atom stereocenters. The molecule has 3 rings (SSSR count). The fourth-order valence-corrected chi connectivity index (χ4v) is 2.84. The standard InChI is InChI=1S/C18H17FN4O2/c19-16-10-22-17(15(8-20)23-16)21-9-12-6-13(7-12)11-25-18(24)14-4-2-1-3-5-14/h1-5,10,12-13H,6-7,9,11H2,(H,21,22). The van der Waals surface area contributed by atoms with Crippen molar-refractivity contribution >= 4 is 11.8 Å². The Kier molecular flexibility index (Phi) is 5.19. The largest absolute Gasteiger partial charge is 0.462 e. The molecule has 1 saturated carbocycles. The van der Waals surface area contributed by atoms with Crippen LogP contribution in [0, 0.1) is 29.1 Å². The van der Waals surface area contributed by atoms with Gasteiger partial charge >= 0.3 is 5.97 Å². The van der Waals surface area contributed by atoms with Crippen LogP contribution in [0.15, 0.2) is 36.5 Å². The van der Waals surface area contributed by atoms with E-state index in [9.17, 15) is 9.18 Å². The number of carbonyl (C=O) groups excluding carboxylic acids is 1. The summed E-state index contributed by atoms with van der Waals surface area (Å²) in [5.41, 5.74) is 0.506. The van der Waals surface area contributed by atoms with Gasteiger partial charge in [-0.1, -0.05) is 18.2 Å². The lowest BCUT2D eigenvalue weighted by Gasteiger charge is -2.35. The smallest absolute Gasteiger partial charge is 0.338 e. The predicted molar refractivity (Wildman–Crippen MR) is 88.1 cm³/mol. The molecule has 1 fully saturated rings. The second kappa shape index (κ2) is 7.71. The molecule has 1 aromatic heterocycles. The Morgan fingerprint density at radius 3 is 2.80 bits per heavy atom. The van der Waals surface area contributed by atoms with Crippen LogP contribution >= 0.6 is 0 Å². The van der Waals surface area contributed by atoms with Crippen LogP contribution in [0.2, 0.25) is 0 Å². The molecule has 1 aliphatic rings. The van der Waals surface area contributed by atoms with Crippen LogP contribution in [0.25, 0.3) is 0 Å². The Morgan fingerprint density at radius 1 is 1.32 bits per heavy atom. The van der Waals surface area contributed by atoms with Gasteiger partial charge in [-0.05, 0) is 36.8 Å². The zero-order valence-electron chi connectivity index (χ0n) is 13.5. The normalized spacial score (nSPS) is 18.7. The number of nitrogens with one attached hydrogen (secondary N) is 1. The maximum Gasteiger partial charge on any atom is 0.338 e. The number of ether oxygens (including phenoxy) is 1. The van der Waals surface area contributed by atoms with Crippen LogP contribution in [0.3, 0.4) is 0 Å². The highest BCUT2D eigenvalue weighted by Crippen LogP contribution is 2.34. The number of rotatable bonds is 6. The van der Waals surface area contributed by atoms with Crippen molar-refractivity contribution in [1.29, 1.82) is 5.26 Å². The number of anilines is 1. The Labute approximate surface area is 144 Å². The molecular weight excluding hydrogens is 323 g/mol. The van der Waals surface area contributed by atoms with Crippen LogP contribution in [-0.4, -0.2) is 29.1 Å². The second-order valence-electron chi connectivity index (χ2n) is 6.05. The molecule has 1 aliphatic carbocycles. The third-order valence-corrected chi connectivity index (χ3v) is 4.20. The lowest BCUT2D eigenvalue weighted by atomic mass is 9.75. The molecule has 0 unspecified atom stereocenters. The summed E-state index contributed by atoms with van der Waals surface area (Å²) in [6.45, 7) is 1.03. The molecule has 0 radical (unpaired) electrons. The predicted octanol–water partition coefficient (Wildman–Crippen LogP) is 2.78. The summed E-state index contributed by atoms with van der Waals surface area (Å²) in [6.07, 6.45) is 2.83. The number of nitrogens with zero attached hydrogens (tertiary/aromatic N) is 3. The molecule has 128 valence electrons. The SMILES string of the molecule is N#Cc1nc(F)cnc1NCC1CC(COC(=O)c2ccccc2)C1. The number of hydrogen-bond acceptors (Lipinski definition) is 6. The summed E-state index contributed by atoms with van der Waals surface area (Å²) in [7, 11) is 0. The maximum atomic E-state index is 12.9. The first kappa shape index (κ1) is 16.8. The van der Waals surface area contributed by atoms with E-state index in [1.807, 2.05) is 12.1 Å². The minimum absolute atomic E-state index is 0.0485. The zero-order valence-corrected chi connectivity index (χ0v) is 13.5. The van der Waals surface area contributed by atoms with Gasteiger partial charge in [-0.2, -0.15) is 9.65 Å². The van der Waals surface area contributed by atoms with Gasteiger partial charge in [0, 0.05) is 6.54 Å². The van der Waals surface area contributed by atoms with Crippen LogP contribution in [-0.2, 0) is 4.74 Å². The molecule has 6 nitrogen and oxygen atoms in total. The van der Waals surface area contributed by atoms with Gasteiger partial charge in [-0.3, -0.25) is 0 Å². The Hall–Kier alpha value is -3.01. The van der Waals surface area contributed by atoms with Crippen LogP contribution in [0.5, 0.6) is 0 Å². The van der Waals surface area contributed by atoms with Gasteiger partial charge in [0.25, 0.3) is 0 Å². The van der Waals surface area contributed by atoms with E-state index >= 15 is 0 Å². The molecule has 0 saturated heterocycles. The highest BCUT2D eigenvalue weighted by atomic mass is 19.1. The Morgan fingerprint density at radius 2 is 2.08 bits per heavy atom. The summed E-state index contributed by atoms with van der Waals surface area (Å²) in [4.78, 5) is 19.2. The summed E-state index contributed by atoms with van der Waals surface area (Å²) in [5, 5.41) is 12.0. The van der Waals surface area contributed by atoms with Crippen LogP contribution < -0.4 is 5.32 Å². The Bertz CT molecular complexity index is 785. The molecule has 1 N–H and O–H groups in total. The first-order valence-electron chi connectivity index (χ1n) is 8.04. The molecule has 0 bridgehead atoms. The summed E-state index contributed by atoms with van der Waals surface area (Å²) < 4.78 is 18.3. The average Bonchev–Trinajstić information content (AvgIpc) is 2.61. The van der Waals surface area contributed by atoms with Crippen molar-refractivity contribution in [1.82, 2.24) is 9.97 Å². The molecule has 0 spiro atoms. The highest BCUT2D eigenvalue weighted by molar-refractivity contribution is 5.89. The molecule has 1 aromatic carbocycles. The topological polar surface area (TPSA) is 87.9 Å². The van der Waals surface area contributed by atoms with Gasteiger partial charge in [0.1, 0.15) is 6.07 Å². The average molecular weight is 340 g/mol. The molecule has 7 heteroatoms. The van der Waals surface area contributed by atoms with Crippen molar-refractivity contribution in [3.8, 4) is 6.07 Å². The molecule has 1 heterocycles. The number of halogens is 1. The number of aromatic nitrogens is 2. The summed E-state index contributed by atoms with van der Waals surface area (Å²) in [6, 6.07) is 10.7. The van der Waals surface area contributed by atoms with Gasteiger partial charge in [-0.25, -0.2) is 14.8 Å². The lowest BCUT2D eigenvalue weighted by Crippen LogP contribution is -2.33. The third kappa shape index (κ3) is 4.29.